The van der Waals surface area contributed by atoms with Gasteiger partial charge in [0.15, 0.2) is 0 Å². The van der Waals surface area contributed by atoms with Crippen molar-refractivity contribution >= 4 is 5.97 Å². The quantitative estimate of drug-likeness (QED) is 0.439. The zero-order valence-electron chi connectivity index (χ0n) is 11.0. The van der Waals surface area contributed by atoms with E-state index in [1.54, 1.807) is 19.1 Å². The molecule has 0 rings (SSSR count). The highest BCUT2D eigenvalue weighted by molar-refractivity contribution is 5.69. The Morgan fingerprint density at radius 3 is 2.44 bits per heavy atom. The van der Waals surface area contributed by atoms with Crippen molar-refractivity contribution in [1.82, 2.24) is 4.90 Å². The van der Waals surface area contributed by atoms with Gasteiger partial charge in [0.1, 0.15) is 0 Å². The fraction of sp³-hybridized carbons (Fsp3) is 0.909. The van der Waals surface area contributed by atoms with Crippen LogP contribution in [0.3, 0.4) is 0 Å². The number of aliphatic hydroxyl groups is 1. The van der Waals surface area contributed by atoms with Crippen LogP contribution in [0.2, 0.25) is 0 Å². The molecule has 2 N–H and O–H groups in total. The molecule has 0 saturated heterocycles. The Morgan fingerprint density at radius 2 is 1.89 bits per heavy atom. The molecule has 0 aliphatic carbocycles. The molecule has 0 bridgehead atoms. The molecular formula is C11H23NO6. The minimum atomic E-state index is -0.932. The molecule has 0 radical (unpaired) electrons. The van der Waals surface area contributed by atoms with Gasteiger partial charge in [-0.1, -0.05) is 0 Å². The number of nitrogens with zero attached hydrogens (tertiary/aromatic N) is 1. The molecule has 7 nitrogen and oxygen atoms in total. The number of ether oxygens (including phenoxy) is 3. The topological polar surface area (TPSA) is 88.5 Å². The van der Waals surface area contributed by atoms with Crippen LogP contribution in [0.4, 0.5) is 0 Å². The normalized spacial score (nSPS) is 12.9. The van der Waals surface area contributed by atoms with E-state index in [0.29, 0.717) is 26.4 Å². The molecule has 18 heavy (non-hydrogen) atoms. The zero-order chi connectivity index (χ0) is 13.8. The average Bonchev–Trinajstić information content (AvgIpc) is 2.31. The molecule has 1 unspecified atom stereocenters. The van der Waals surface area contributed by atoms with Crippen LogP contribution in [0.1, 0.15) is 0 Å². The molecule has 7 heteroatoms. The lowest BCUT2D eigenvalue weighted by Crippen LogP contribution is -2.40. The van der Waals surface area contributed by atoms with Gasteiger partial charge in [-0.3, -0.25) is 9.69 Å². The van der Waals surface area contributed by atoms with Gasteiger partial charge >= 0.3 is 5.97 Å². The lowest BCUT2D eigenvalue weighted by Gasteiger charge is -2.22. The van der Waals surface area contributed by atoms with Crippen molar-refractivity contribution in [3.8, 4) is 0 Å². The number of hydrogen-bond acceptors (Lipinski definition) is 6. The summed E-state index contributed by atoms with van der Waals surface area (Å²) in [6.07, 6.45) is -0.724. The lowest BCUT2D eigenvalue weighted by molar-refractivity contribution is -0.138. The molecular weight excluding hydrogens is 242 g/mol. The van der Waals surface area contributed by atoms with Crippen LogP contribution in [0, 0.1) is 0 Å². The molecule has 0 aromatic carbocycles. The maximum atomic E-state index is 10.6. The second-order valence-electron chi connectivity index (χ2n) is 3.84. The lowest BCUT2D eigenvalue weighted by atomic mass is 10.3. The van der Waals surface area contributed by atoms with Gasteiger partial charge in [-0.25, -0.2) is 0 Å². The first-order valence-electron chi connectivity index (χ1n) is 5.78. The van der Waals surface area contributed by atoms with E-state index in [-0.39, 0.29) is 19.7 Å². The van der Waals surface area contributed by atoms with Crippen LogP contribution < -0.4 is 0 Å². The molecule has 0 heterocycles. The van der Waals surface area contributed by atoms with E-state index in [4.69, 9.17) is 19.3 Å². The van der Waals surface area contributed by atoms with Gasteiger partial charge < -0.3 is 24.4 Å². The molecule has 0 aromatic rings. The second-order valence-corrected chi connectivity index (χ2v) is 3.84. The summed E-state index contributed by atoms with van der Waals surface area (Å²) in [6.45, 7) is 2.02. The predicted octanol–water partition coefficient (Wildman–Crippen LogP) is -0.957. The number of rotatable bonds is 12. The standard InChI is InChI=1S/C11H23NO6/c1-16-4-3-12(8-11(14)15)7-10(13)9-18-6-5-17-2/h10,13H,3-9H2,1-2H3,(H,14,15). The molecule has 0 aliphatic heterocycles. The van der Waals surface area contributed by atoms with Crippen LogP contribution in [0.15, 0.2) is 0 Å². The molecule has 0 aromatic heterocycles. The smallest absolute Gasteiger partial charge is 0.317 e. The minimum absolute atomic E-state index is 0.126. The Hall–Kier alpha value is -0.730. The summed E-state index contributed by atoms with van der Waals surface area (Å²) in [5.41, 5.74) is 0. The van der Waals surface area contributed by atoms with E-state index in [2.05, 4.69) is 0 Å². The number of methoxy groups -OCH3 is 2. The van der Waals surface area contributed by atoms with Crippen molar-refractivity contribution in [3.05, 3.63) is 0 Å². The van der Waals surface area contributed by atoms with E-state index in [1.807, 2.05) is 0 Å². The van der Waals surface area contributed by atoms with Crippen molar-refractivity contribution in [2.45, 2.75) is 6.10 Å². The molecule has 0 aliphatic rings. The molecule has 0 spiro atoms. The van der Waals surface area contributed by atoms with E-state index in [0.717, 1.165) is 0 Å². The van der Waals surface area contributed by atoms with Crippen molar-refractivity contribution in [2.24, 2.45) is 0 Å². The number of carboxylic acid groups (broad SMARTS) is 1. The van der Waals surface area contributed by atoms with E-state index in [1.165, 1.54) is 0 Å². The number of carboxylic acids is 1. The summed E-state index contributed by atoms with van der Waals surface area (Å²) in [4.78, 5) is 12.2. The Kier molecular flexibility index (Phi) is 10.9. The molecule has 1 atom stereocenters. The van der Waals surface area contributed by atoms with Crippen molar-refractivity contribution in [3.63, 3.8) is 0 Å². The van der Waals surface area contributed by atoms with Crippen molar-refractivity contribution < 1.29 is 29.2 Å². The van der Waals surface area contributed by atoms with Gasteiger partial charge in [0.05, 0.1) is 39.1 Å². The van der Waals surface area contributed by atoms with Gasteiger partial charge in [0, 0.05) is 27.3 Å². The monoisotopic (exact) mass is 265 g/mol. The summed E-state index contributed by atoms with van der Waals surface area (Å²) < 4.78 is 14.8. The van der Waals surface area contributed by atoms with Crippen LogP contribution in [-0.2, 0) is 19.0 Å². The van der Waals surface area contributed by atoms with E-state index >= 15 is 0 Å². The summed E-state index contributed by atoms with van der Waals surface area (Å²) in [7, 11) is 3.11. The molecule has 108 valence electrons. The summed E-state index contributed by atoms with van der Waals surface area (Å²) >= 11 is 0. The third-order valence-electron chi connectivity index (χ3n) is 2.18. The highest BCUT2D eigenvalue weighted by atomic mass is 16.5. The average molecular weight is 265 g/mol. The Morgan fingerprint density at radius 1 is 1.22 bits per heavy atom. The largest absolute Gasteiger partial charge is 0.480 e. The van der Waals surface area contributed by atoms with Gasteiger partial charge in [-0.2, -0.15) is 0 Å². The first-order chi connectivity index (χ1) is 8.60. The van der Waals surface area contributed by atoms with Crippen LogP contribution in [-0.4, -0.2) is 87.5 Å². The maximum Gasteiger partial charge on any atom is 0.317 e. The van der Waals surface area contributed by atoms with Crippen molar-refractivity contribution in [1.29, 1.82) is 0 Å². The maximum absolute atomic E-state index is 10.6. The van der Waals surface area contributed by atoms with Gasteiger partial charge in [0.25, 0.3) is 0 Å². The van der Waals surface area contributed by atoms with E-state index in [9.17, 15) is 9.90 Å². The SMILES string of the molecule is COCCOCC(O)CN(CCOC)CC(=O)O. The molecule has 0 saturated carbocycles. The van der Waals surface area contributed by atoms with Crippen LogP contribution in [0.5, 0.6) is 0 Å². The second kappa shape index (κ2) is 11.4. The van der Waals surface area contributed by atoms with Crippen LogP contribution in [0.25, 0.3) is 0 Å². The summed E-state index contributed by atoms with van der Waals surface area (Å²) in [5.74, 6) is -0.932. The highest BCUT2D eigenvalue weighted by Crippen LogP contribution is 1.95. The molecule has 0 fully saturated rings. The summed E-state index contributed by atoms with van der Waals surface area (Å²) in [5, 5.41) is 18.4. The first-order valence-corrected chi connectivity index (χ1v) is 5.78. The summed E-state index contributed by atoms with van der Waals surface area (Å²) in [6, 6.07) is 0. The fourth-order valence-corrected chi connectivity index (χ4v) is 1.36. The predicted molar refractivity (Wildman–Crippen MR) is 64.7 cm³/mol. The molecule has 0 amide bonds. The fourth-order valence-electron chi connectivity index (χ4n) is 1.36. The van der Waals surface area contributed by atoms with Gasteiger partial charge in [-0.05, 0) is 0 Å². The number of aliphatic hydroxyl groups excluding tert-OH is 1. The van der Waals surface area contributed by atoms with Gasteiger partial charge in [-0.15, -0.1) is 0 Å². The third-order valence-corrected chi connectivity index (χ3v) is 2.18. The van der Waals surface area contributed by atoms with E-state index < -0.39 is 12.1 Å². The Labute approximate surface area is 107 Å². The van der Waals surface area contributed by atoms with Crippen LogP contribution >= 0.6 is 0 Å². The third kappa shape index (κ3) is 10.4. The Bertz CT molecular complexity index is 214. The first kappa shape index (κ1) is 17.3. The Balaban J connectivity index is 3.85. The highest BCUT2D eigenvalue weighted by Gasteiger charge is 2.14. The van der Waals surface area contributed by atoms with Gasteiger partial charge in [0.2, 0.25) is 0 Å². The van der Waals surface area contributed by atoms with Crippen molar-refractivity contribution in [2.75, 3.05) is 60.3 Å². The minimum Gasteiger partial charge on any atom is -0.480 e. The zero-order valence-corrected chi connectivity index (χ0v) is 11.0. The number of hydrogen-bond donors (Lipinski definition) is 2. The number of carbonyl (C=O) groups is 1. The number of aliphatic carboxylic acids is 1.